The molecule has 0 aliphatic rings. The summed E-state index contributed by atoms with van der Waals surface area (Å²) in [5, 5.41) is 13.3. The van der Waals surface area contributed by atoms with E-state index in [0.717, 1.165) is 16.8 Å². The van der Waals surface area contributed by atoms with E-state index in [1.54, 1.807) is 6.20 Å². The summed E-state index contributed by atoms with van der Waals surface area (Å²) < 4.78 is 0. The molecule has 0 saturated carbocycles. The van der Waals surface area contributed by atoms with Crippen molar-refractivity contribution < 1.29 is 0 Å². The van der Waals surface area contributed by atoms with Crippen molar-refractivity contribution in [1.29, 1.82) is 0 Å². The zero-order valence-electron chi connectivity index (χ0n) is 12.5. The Hall–Kier alpha value is -3.05. The van der Waals surface area contributed by atoms with Gasteiger partial charge in [-0.1, -0.05) is 41.9 Å². The van der Waals surface area contributed by atoms with Crippen molar-refractivity contribution in [3.05, 3.63) is 77.9 Å². The van der Waals surface area contributed by atoms with E-state index in [4.69, 9.17) is 11.6 Å². The van der Waals surface area contributed by atoms with Gasteiger partial charge in [0.05, 0.1) is 5.69 Å². The predicted octanol–water partition coefficient (Wildman–Crippen LogP) is 4.04. The van der Waals surface area contributed by atoms with Crippen LogP contribution in [0.3, 0.4) is 0 Å². The van der Waals surface area contributed by atoms with E-state index in [-0.39, 0.29) is 0 Å². The van der Waals surface area contributed by atoms with Crippen molar-refractivity contribution in [2.24, 2.45) is 0 Å². The smallest absolute Gasteiger partial charge is 0.223 e. The SMILES string of the molecule is Clc1ccc(-c2cccc(-n3nnc(-c4ccccn4)n3)c2)cc1. The molecule has 4 aromatic rings. The first-order valence-corrected chi connectivity index (χ1v) is 7.75. The van der Waals surface area contributed by atoms with Crippen LogP contribution in [0, 0.1) is 0 Å². The molecule has 6 heteroatoms. The van der Waals surface area contributed by atoms with Gasteiger partial charge in [-0.25, -0.2) is 0 Å². The van der Waals surface area contributed by atoms with Gasteiger partial charge in [-0.05, 0) is 52.7 Å². The Bertz CT molecular complexity index is 964. The number of nitrogens with zero attached hydrogens (tertiary/aromatic N) is 5. The summed E-state index contributed by atoms with van der Waals surface area (Å²) in [7, 11) is 0. The van der Waals surface area contributed by atoms with Gasteiger partial charge in [-0.3, -0.25) is 4.98 Å². The molecule has 4 rings (SSSR count). The lowest BCUT2D eigenvalue weighted by Gasteiger charge is -2.04. The molecule has 0 radical (unpaired) electrons. The molecule has 0 aliphatic carbocycles. The lowest BCUT2D eigenvalue weighted by Crippen LogP contribution is -1.99. The van der Waals surface area contributed by atoms with E-state index in [0.29, 0.717) is 16.5 Å². The first-order valence-electron chi connectivity index (χ1n) is 7.37. The molecule has 0 saturated heterocycles. The molecule has 2 aromatic heterocycles. The second-order valence-corrected chi connectivity index (χ2v) is 5.61. The van der Waals surface area contributed by atoms with Crippen LogP contribution in [0.25, 0.3) is 28.3 Å². The minimum atomic E-state index is 0.493. The monoisotopic (exact) mass is 333 g/mol. The van der Waals surface area contributed by atoms with Gasteiger partial charge >= 0.3 is 0 Å². The van der Waals surface area contributed by atoms with Crippen LogP contribution in [0.5, 0.6) is 0 Å². The average Bonchev–Trinajstić information content (AvgIpc) is 3.13. The number of halogens is 1. The van der Waals surface area contributed by atoms with E-state index in [9.17, 15) is 0 Å². The predicted molar refractivity (Wildman–Crippen MR) is 92.8 cm³/mol. The Morgan fingerprint density at radius 3 is 2.50 bits per heavy atom. The lowest BCUT2D eigenvalue weighted by molar-refractivity contribution is 0.720. The quantitative estimate of drug-likeness (QED) is 0.567. The summed E-state index contributed by atoms with van der Waals surface area (Å²) in [4.78, 5) is 5.74. The number of hydrogen-bond acceptors (Lipinski definition) is 4. The summed E-state index contributed by atoms with van der Waals surface area (Å²) in [6.45, 7) is 0. The number of tetrazole rings is 1. The highest BCUT2D eigenvalue weighted by atomic mass is 35.5. The maximum absolute atomic E-state index is 5.95. The van der Waals surface area contributed by atoms with Crippen molar-refractivity contribution in [3.63, 3.8) is 0 Å². The zero-order valence-corrected chi connectivity index (χ0v) is 13.3. The van der Waals surface area contributed by atoms with E-state index in [1.165, 1.54) is 4.80 Å². The van der Waals surface area contributed by atoms with Crippen molar-refractivity contribution in [2.45, 2.75) is 0 Å². The van der Waals surface area contributed by atoms with Crippen LogP contribution >= 0.6 is 11.6 Å². The topological polar surface area (TPSA) is 56.5 Å². The van der Waals surface area contributed by atoms with Gasteiger partial charge in [-0.2, -0.15) is 0 Å². The molecule has 24 heavy (non-hydrogen) atoms. The first-order chi connectivity index (χ1) is 11.8. The maximum atomic E-state index is 5.95. The van der Waals surface area contributed by atoms with Crippen molar-refractivity contribution in [2.75, 3.05) is 0 Å². The van der Waals surface area contributed by atoms with E-state index < -0.39 is 0 Å². The molecule has 0 aliphatic heterocycles. The number of hydrogen-bond donors (Lipinski definition) is 0. The summed E-state index contributed by atoms with van der Waals surface area (Å²) >= 11 is 5.95. The third-order valence-electron chi connectivity index (χ3n) is 3.56. The summed E-state index contributed by atoms with van der Waals surface area (Å²) in [6.07, 6.45) is 1.71. The molecule has 2 aromatic carbocycles. The van der Waals surface area contributed by atoms with Crippen LogP contribution in [0.2, 0.25) is 5.02 Å². The molecular weight excluding hydrogens is 322 g/mol. The Balaban J connectivity index is 1.69. The van der Waals surface area contributed by atoms with Crippen LogP contribution in [0.1, 0.15) is 0 Å². The fourth-order valence-corrected chi connectivity index (χ4v) is 2.50. The van der Waals surface area contributed by atoms with Gasteiger partial charge < -0.3 is 0 Å². The highest BCUT2D eigenvalue weighted by Gasteiger charge is 2.08. The van der Waals surface area contributed by atoms with Crippen LogP contribution in [0.4, 0.5) is 0 Å². The maximum Gasteiger partial charge on any atom is 0.223 e. The molecule has 116 valence electrons. The van der Waals surface area contributed by atoms with Gasteiger partial charge in [-0.15, -0.1) is 15.0 Å². The number of benzene rings is 2. The third kappa shape index (κ3) is 2.89. The normalized spacial score (nSPS) is 10.7. The molecule has 0 spiro atoms. The Labute approximate surface area is 143 Å². The molecule has 0 bridgehead atoms. The first kappa shape index (κ1) is 14.5. The van der Waals surface area contributed by atoms with E-state index in [1.807, 2.05) is 66.7 Å². The Morgan fingerprint density at radius 2 is 1.71 bits per heavy atom. The van der Waals surface area contributed by atoms with Crippen LogP contribution in [0.15, 0.2) is 72.9 Å². The summed E-state index contributed by atoms with van der Waals surface area (Å²) in [5.74, 6) is 0.493. The molecule has 0 fully saturated rings. The number of pyridine rings is 1. The van der Waals surface area contributed by atoms with E-state index in [2.05, 4.69) is 20.4 Å². The Kier molecular flexibility index (Phi) is 3.76. The van der Waals surface area contributed by atoms with Crippen molar-refractivity contribution in [3.8, 4) is 28.3 Å². The fraction of sp³-hybridized carbons (Fsp3) is 0. The van der Waals surface area contributed by atoms with E-state index >= 15 is 0 Å². The highest BCUT2D eigenvalue weighted by molar-refractivity contribution is 6.30. The number of rotatable bonds is 3. The largest absolute Gasteiger partial charge is 0.253 e. The molecule has 0 atom stereocenters. The van der Waals surface area contributed by atoms with Crippen LogP contribution in [-0.2, 0) is 0 Å². The second-order valence-electron chi connectivity index (χ2n) is 5.17. The van der Waals surface area contributed by atoms with Gasteiger partial charge in [0.15, 0.2) is 0 Å². The van der Waals surface area contributed by atoms with Crippen molar-refractivity contribution in [1.82, 2.24) is 25.2 Å². The van der Waals surface area contributed by atoms with Gasteiger partial charge in [0.1, 0.15) is 5.69 Å². The average molecular weight is 334 g/mol. The zero-order chi connectivity index (χ0) is 16.4. The van der Waals surface area contributed by atoms with Gasteiger partial charge in [0.2, 0.25) is 5.82 Å². The minimum absolute atomic E-state index is 0.493. The number of aromatic nitrogens is 5. The van der Waals surface area contributed by atoms with Crippen LogP contribution in [-0.4, -0.2) is 25.2 Å². The molecule has 2 heterocycles. The second kappa shape index (κ2) is 6.22. The fourth-order valence-electron chi connectivity index (χ4n) is 2.37. The lowest BCUT2D eigenvalue weighted by atomic mass is 10.1. The summed E-state index contributed by atoms with van der Waals surface area (Å²) in [6, 6.07) is 21.2. The molecule has 0 N–H and O–H groups in total. The van der Waals surface area contributed by atoms with Gasteiger partial charge in [0, 0.05) is 11.2 Å². The van der Waals surface area contributed by atoms with Crippen LogP contribution < -0.4 is 0 Å². The minimum Gasteiger partial charge on any atom is -0.253 e. The summed E-state index contributed by atoms with van der Waals surface area (Å²) in [5.41, 5.74) is 3.65. The standard InChI is InChI=1S/C18H12ClN5/c19-15-9-7-13(8-10-15)14-4-3-5-16(12-14)24-22-18(21-23-24)17-6-1-2-11-20-17/h1-12H. The molecule has 0 unspecified atom stereocenters. The van der Waals surface area contributed by atoms with Gasteiger partial charge in [0.25, 0.3) is 0 Å². The molecular formula is C18H12ClN5. The molecule has 5 nitrogen and oxygen atoms in total. The van der Waals surface area contributed by atoms with Crippen molar-refractivity contribution >= 4 is 11.6 Å². The highest BCUT2D eigenvalue weighted by Crippen LogP contribution is 2.23. The molecule has 0 amide bonds. The third-order valence-corrected chi connectivity index (χ3v) is 3.81. The Morgan fingerprint density at radius 1 is 0.833 bits per heavy atom.